The van der Waals surface area contributed by atoms with Crippen LogP contribution >= 0.6 is 15.9 Å². The highest BCUT2D eigenvalue weighted by molar-refractivity contribution is 9.10. The number of hydrogen-bond acceptors (Lipinski definition) is 3. The largest absolute Gasteiger partial charge is 0.394 e. The van der Waals surface area contributed by atoms with Gasteiger partial charge in [0.1, 0.15) is 12.0 Å². The predicted molar refractivity (Wildman–Crippen MR) is 79.9 cm³/mol. The van der Waals surface area contributed by atoms with Gasteiger partial charge in [-0.2, -0.15) is 0 Å². The van der Waals surface area contributed by atoms with E-state index in [2.05, 4.69) is 26.2 Å². The topological polar surface area (TPSA) is 67.2 Å². The van der Waals surface area contributed by atoms with E-state index in [0.29, 0.717) is 12.1 Å². The van der Waals surface area contributed by atoms with E-state index in [9.17, 15) is 4.79 Å². The number of nitrogens with zero attached hydrogens (tertiary/aromatic N) is 2. The van der Waals surface area contributed by atoms with Crippen LogP contribution < -0.4 is 5.32 Å². The first-order chi connectivity index (χ1) is 9.63. The van der Waals surface area contributed by atoms with E-state index in [1.807, 2.05) is 31.2 Å². The standard InChI is InChI=1S/C14H16BrN3O2/c1-2-11(8-19)17-14(20)13-7-18(9-16-13)12-5-3-10(15)4-6-12/h3-7,9,11,19H,2,8H2,1H3,(H,17,20). The summed E-state index contributed by atoms with van der Waals surface area (Å²) in [5.74, 6) is -0.276. The Hall–Kier alpha value is -1.66. The first-order valence-electron chi connectivity index (χ1n) is 6.35. The quantitative estimate of drug-likeness (QED) is 0.878. The molecule has 0 fully saturated rings. The molecule has 0 aliphatic heterocycles. The van der Waals surface area contributed by atoms with E-state index in [4.69, 9.17) is 5.11 Å². The van der Waals surface area contributed by atoms with Crippen molar-refractivity contribution in [1.82, 2.24) is 14.9 Å². The summed E-state index contributed by atoms with van der Waals surface area (Å²) >= 11 is 3.38. The van der Waals surface area contributed by atoms with Crippen LogP contribution in [0.15, 0.2) is 41.3 Å². The average Bonchev–Trinajstić information content (AvgIpc) is 2.95. The van der Waals surface area contributed by atoms with Crippen LogP contribution in [0, 0.1) is 0 Å². The zero-order chi connectivity index (χ0) is 14.5. The Bertz CT molecular complexity index is 576. The number of amides is 1. The molecule has 106 valence electrons. The van der Waals surface area contributed by atoms with Gasteiger partial charge in [0.15, 0.2) is 0 Å². The summed E-state index contributed by atoms with van der Waals surface area (Å²) in [6.07, 6.45) is 3.94. The van der Waals surface area contributed by atoms with Gasteiger partial charge in [-0.25, -0.2) is 4.98 Å². The number of carbonyl (C=O) groups excluding carboxylic acids is 1. The molecular formula is C14H16BrN3O2. The number of carbonyl (C=O) groups is 1. The Balaban J connectivity index is 2.12. The molecule has 0 aliphatic rings. The lowest BCUT2D eigenvalue weighted by molar-refractivity contribution is 0.0910. The fourth-order valence-corrected chi connectivity index (χ4v) is 1.99. The van der Waals surface area contributed by atoms with Crippen LogP contribution in [0.2, 0.25) is 0 Å². The minimum absolute atomic E-state index is 0.0737. The lowest BCUT2D eigenvalue weighted by atomic mass is 10.2. The minimum atomic E-state index is -0.276. The van der Waals surface area contributed by atoms with E-state index in [1.54, 1.807) is 17.1 Å². The second-order valence-corrected chi connectivity index (χ2v) is 5.32. The summed E-state index contributed by atoms with van der Waals surface area (Å²) in [6.45, 7) is 1.83. The van der Waals surface area contributed by atoms with Crippen molar-refractivity contribution in [1.29, 1.82) is 0 Å². The SMILES string of the molecule is CCC(CO)NC(=O)c1cn(-c2ccc(Br)cc2)cn1. The van der Waals surface area contributed by atoms with Crippen molar-refractivity contribution in [2.24, 2.45) is 0 Å². The van der Waals surface area contributed by atoms with E-state index in [-0.39, 0.29) is 18.6 Å². The van der Waals surface area contributed by atoms with Gasteiger partial charge in [0, 0.05) is 16.4 Å². The molecule has 2 rings (SSSR count). The van der Waals surface area contributed by atoms with Crippen molar-refractivity contribution in [3.05, 3.63) is 47.0 Å². The molecule has 6 heteroatoms. The zero-order valence-electron chi connectivity index (χ0n) is 11.1. The zero-order valence-corrected chi connectivity index (χ0v) is 12.7. The lowest BCUT2D eigenvalue weighted by Crippen LogP contribution is -2.37. The number of aliphatic hydroxyl groups is 1. The van der Waals surface area contributed by atoms with Crippen LogP contribution in [0.4, 0.5) is 0 Å². The molecule has 20 heavy (non-hydrogen) atoms. The molecule has 1 amide bonds. The van der Waals surface area contributed by atoms with Crippen molar-refractivity contribution < 1.29 is 9.90 Å². The van der Waals surface area contributed by atoms with Gasteiger partial charge in [-0.15, -0.1) is 0 Å². The second-order valence-electron chi connectivity index (χ2n) is 4.40. The van der Waals surface area contributed by atoms with Crippen LogP contribution in [0.1, 0.15) is 23.8 Å². The molecule has 1 unspecified atom stereocenters. The third-order valence-electron chi connectivity index (χ3n) is 2.99. The van der Waals surface area contributed by atoms with Gasteiger partial charge >= 0.3 is 0 Å². The summed E-state index contributed by atoms with van der Waals surface area (Å²) in [5.41, 5.74) is 1.26. The number of aliphatic hydroxyl groups excluding tert-OH is 1. The Morgan fingerprint density at radius 3 is 2.75 bits per heavy atom. The van der Waals surface area contributed by atoms with Gasteiger partial charge in [-0.05, 0) is 30.7 Å². The van der Waals surface area contributed by atoms with Gasteiger partial charge in [-0.1, -0.05) is 22.9 Å². The second kappa shape index (κ2) is 6.67. The van der Waals surface area contributed by atoms with Crippen LogP contribution in [0.3, 0.4) is 0 Å². The van der Waals surface area contributed by atoms with Gasteiger partial charge in [0.2, 0.25) is 0 Å². The van der Waals surface area contributed by atoms with Crippen LogP contribution in [0.5, 0.6) is 0 Å². The number of benzene rings is 1. The normalized spacial score (nSPS) is 12.2. The average molecular weight is 338 g/mol. The number of imidazole rings is 1. The fraction of sp³-hybridized carbons (Fsp3) is 0.286. The Morgan fingerprint density at radius 2 is 2.15 bits per heavy atom. The first-order valence-corrected chi connectivity index (χ1v) is 7.15. The molecule has 5 nitrogen and oxygen atoms in total. The monoisotopic (exact) mass is 337 g/mol. The fourth-order valence-electron chi connectivity index (χ4n) is 1.73. The van der Waals surface area contributed by atoms with Crippen LogP contribution in [-0.4, -0.2) is 33.2 Å². The van der Waals surface area contributed by atoms with E-state index < -0.39 is 0 Å². The minimum Gasteiger partial charge on any atom is -0.394 e. The van der Waals surface area contributed by atoms with E-state index >= 15 is 0 Å². The Kier molecular flexibility index (Phi) is 4.92. The van der Waals surface area contributed by atoms with Crippen molar-refractivity contribution in [3.8, 4) is 5.69 Å². The summed E-state index contributed by atoms with van der Waals surface area (Å²) in [7, 11) is 0. The van der Waals surface area contributed by atoms with Crippen LogP contribution in [-0.2, 0) is 0 Å². The summed E-state index contributed by atoms with van der Waals surface area (Å²) in [4.78, 5) is 16.1. The Labute approximate surface area is 125 Å². The molecule has 1 aromatic heterocycles. The number of halogens is 1. The molecule has 0 radical (unpaired) electrons. The lowest BCUT2D eigenvalue weighted by Gasteiger charge is -2.12. The van der Waals surface area contributed by atoms with Gasteiger partial charge < -0.3 is 15.0 Å². The van der Waals surface area contributed by atoms with Crippen LogP contribution in [0.25, 0.3) is 5.69 Å². The highest BCUT2D eigenvalue weighted by Crippen LogP contribution is 2.14. The molecule has 2 N–H and O–H groups in total. The molecule has 0 bridgehead atoms. The number of rotatable bonds is 5. The van der Waals surface area contributed by atoms with Gasteiger partial charge in [-0.3, -0.25) is 4.79 Å². The summed E-state index contributed by atoms with van der Waals surface area (Å²) in [5, 5.41) is 11.8. The maximum Gasteiger partial charge on any atom is 0.271 e. The van der Waals surface area contributed by atoms with Crippen molar-refractivity contribution in [2.45, 2.75) is 19.4 Å². The highest BCUT2D eigenvalue weighted by Gasteiger charge is 2.14. The third-order valence-corrected chi connectivity index (χ3v) is 3.52. The predicted octanol–water partition coefficient (Wildman–Crippen LogP) is 2.14. The van der Waals surface area contributed by atoms with Crippen molar-refractivity contribution in [3.63, 3.8) is 0 Å². The molecule has 0 saturated heterocycles. The molecule has 0 saturated carbocycles. The van der Waals surface area contributed by atoms with Gasteiger partial charge in [0.05, 0.1) is 12.6 Å². The maximum atomic E-state index is 12.0. The summed E-state index contributed by atoms with van der Waals surface area (Å²) in [6, 6.07) is 7.47. The number of nitrogens with one attached hydrogen (secondary N) is 1. The molecule has 1 heterocycles. The van der Waals surface area contributed by atoms with Crippen molar-refractivity contribution in [2.75, 3.05) is 6.61 Å². The first kappa shape index (κ1) is 14.7. The third kappa shape index (κ3) is 3.46. The van der Waals surface area contributed by atoms with E-state index in [0.717, 1.165) is 10.2 Å². The highest BCUT2D eigenvalue weighted by atomic mass is 79.9. The van der Waals surface area contributed by atoms with Crippen molar-refractivity contribution >= 4 is 21.8 Å². The number of hydrogen-bond donors (Lipinski definition) is 2. The molecule has 0 spiro atoms. The van der Waals surface area contributed by atoms with Gasteiger partial charge in [0.25, 0.3) is 5.91 Å². The number of aromatic nitrogens is 2. The molecule has 2 aromatic rings. The molecule has 1 atom stereocenters. The van der Waals surface area contributed by atoms with E-state index in [1.165, 1.54) is 0 Å². The maximum absolute atomic E-state index is 12.0. The molecule has 1 aromatic carbocycles. The summed E-state index contributed by atoms with van der Waals surface area (Å²) < 4.78 is 2.77. The molecule has 0 aliphatic carbocycles. The molecular weight excluding hydrogens is 322 g/mol. The Morgan fingerprint density at radius 1 is 1.45 bits per heavy atom. The smallest absolute Gasteiger partial charge is 0.271 e.